The summed E-state index contributed by atoms with van der Waals surface area (Å²) in [6.45, 7) is 8.05. The van der Waals surface area contributed by atoms with Crippen LogP contribution in [0.4, 0.5) is 0 Å². The maximum absolute atomic E-state index is 11.8. The van der Waals surface area contributed by atoms with Gasteiger partial charge in [0.15, 0.2) is 13.2 Å². The largest absolute Gasteiger partial charge is 0.484 e. The summed E-state index contributed by atoms with van der Waals surface area (Å²) in [5.41, 5.74) is 6.95. The van der Waals surface area contributed by atoms with Crippen LogP contribution < -0.4 is 20.3 Å². The van der Waals surface area contributed by atoms with Gasteiger partial charge in [-0.3, -0.25) is 20.4 Å². The molecule has 2 amide bonds. The number of hydrogen-bond donors (Lipinski definition) is 2. The molecular weight excluding hydrogens is 356 g/mol. The van der Waals surface area contributed by atoms with Crippen molar-refractivity contribution in [3.8, 4) is 11.5 Å². The Labute approximate surface area is 166 Å². The Morgan fingerprint density at radius 3 is 2.00 bits per heavy atom. The van der Waals surface area contributed by atoms with E-state index in [0.29, 0.717) is 11.5 Å². The first-order chi connectivity index (χ1) is 13.3. The van der Waals surface area contributed by atoms with E-state index in [2.05, 4.69) is 31.6 Å². The van der Waals surface area contributed by atoms with E-state index >= 15 is 0 Å². The van der Waals surface area contributed by atoms with Crippen molar-refractivity contribution in [2.24, 2.45) is 0 Å². The summed E-state index contributed by atoms with van der Waals surface area (Å²) in [6, 6.07) is 15.1. The topological polar surface area (TPSA) is 76.7 Å². The maximum atomic E-state index is 11.8. The standard InChI is InChI=1S/C22H28N2O4/c1-5-22(3,4)17-9-11-18(12-10-17)27-14-20(25)23-24-21(26)15-28-19-8-6-7-16(2)13-19/h6-13H,5,14-15H2,1-4H3,(H,23,25)(H,24,26). The van der Waals surface area contributed by atoms with Crippen molar-refractivity contribution in [1.82, 2.24) is 10.9 Å². The number of carbonyl (C=O) groups is 2. The Kier molecular flexibility index (Phi) is 7.44. The summed E-state index contributed by atoms with van der Waals surface area (Å²) < 4.78 is 10.8. The Bertz CT molecular complexity index is 800. The maximum Gasteiger partial charge on any atom is 0.276 e. The lowest BCUT2D eigenvalue weighted by Crippen LogP contribution is -2.45. The number of rotatable bonds is 8. The summed E-state index contributed by atoms with van der Waals surface area (Å²) in [4.78, 5) is 23.6. The van der Waals surface area contributed by atoms with Crippen LogP contribution in [-0.4, -0.2) is 25.0 Å². The number of amides is 2. The zero-order valence-electron chi connectivity index (χ0n) is 16.9. The second-order valence-electron chi connectivity index (χ2n) is 7.25. The molecule has 150 valence electrons. The number of ether oxygens (including phenoxy) is 2. The molecule has 0 radical (unpaired) electrons. The number of hydrazine groups is 1. The molecule has 0 unspecified atom stereocenters. The van der Waals surface area contributed by atoms with Crippen LogP contribution in [0.3, 0.4) is 0 Å². The Hall–Kier alpha value is -3.02. The molecule has 28 heavy (non-hydrogen) atoms. The molecule has 0 atom stereocenters. The van der Waals surface area contributed by atoms with E-state index < -0.39 is 11.8 Å². The monoisotopic (exact) mass is 384 g/mol. The van der Waals surface area contributed by atoms with Gasteiger partial charge in [0.25, 0.3) is 11.8 Å². The third-order valence-corrected chi connectivity index (χ3v) is 4.59. The molecular formula is C22H28N2O4. The first kappa shape index (κ1) is 21.3. The SMILES string of the molecule is CCC(C)(C)c1ccc(OCC(=O)NNC(=O)COc2cccc(C)c2)cc1. The molecule has 0 saturated heterocycles. The number of hydrogen-bond acceptors (Lipinski definition) is 4. The zero-order valence-corrected chi connectivity index (χ0v) is 16.9. The highest BCUT2D eigenvalue weighted by molar-refractivity contribution is 5.83. The molecule has 0 spiro atoms. The van der Waals surface area contributed by atoms with Crippen LogP contribution in [0.5, 0.6) is 11.5 Å². The highest BCUT2D eigenvalue weighted by atomic mass is 16.5. The Morgan fingerprint density at radius 1 is 0.893 bits per heavy atom. The van der Waals surface area contributed by atoms with Crippen molar-refractivity contribution in [3.05, 3.63) is 59.7 Å². The molecule has 6 heteroatoms. The molecule has 0 fully saturated rings. The van der Waals surface area contributed by atoms with Gasteiger partial charge in [-0.25, -0.2) is 0 Å². The summed E-state index contributed by atoms with van der Waals surface area (Å²) in [5, 5.41) is 0. The summed E-state index contributed by atoms with van der Waals surface area (Å²) in [6.07, 6.45) is 1.03. The second kappa shape index (κ2) is 9.78. The molecule has 2 N–H and O–H groups in total. The van der Waals surface area contributed by atoms with E-state index in [0.717, 1.165) is 12.0 Å². The lowest BCUT2D eigenvalue weighted by molar-refractivity contribution is -0.131. The minimum Gasteiger partial charge on any atom is -0.484 e. The summed E-state index contributed by atoms with van der Waals surface area (Å²) in [5.74, 6) is 0.280. The van der Waals surface area contributed by atoms with Crippen molar-refractivity contribution in [1.29, 1.82) is 0 Å². The van der Waals surface area contributed by atoms with Crippen LogP contribution >= 0.6 is 0 Å². The molecule has 2 aromatic carbocycles. The molecule has 0 heterocycles. The molecule has 2 rings (SSSR count). The van der Waals surface area contributed by atoms with E-state index in [1.54, 1.807) is 6.07 Å². The van der Waals surface area contributed by atoms with Crippen LogP contribution in [0.15, 0.2) is 48.5 Å². The van der Waals surface area contributed by atoms with Gasteiger partial charge in [0.2, 0.25) is 0 Å². The number of carbonyl (C=O) groups excluding carboxylic acids is 2. The molecule has 2 aromatic rings. The predicted octanol–water partition coefficient (Wildman–Crippen LogP) is 3.29. The van der Waals surface area contributed by atoms with Gasteiger partial charge in [-0.15, -0.1) is 0 Å². The van der Waals surface area contributed by atoms with Crippen molar-refractivity contribution in [2.75, 3.05) is 13.2 Å². The van der Waals surface area contributed by atoms with Gasteiger partial charge < -0.3 is 9.47 Å². The van der Waals surface area contributed by atoms with Crippen LogP contribution in [0, 0.1) is 6.92 Å². The van der Waals surface area contributed by atoms with Crippen molar-refractivity contribution in [2.45, 2.75) is 39.5 Å². The molecule has 0 bridgehead atoms. The molecule has 6 nitrogen and oxygen atoms in total. The van der Waals surface area contributed by atoms with Crippen LogP contribution in [0.2, 0.25) is 0 Å². The summed E-state index contributed by atoms with van der Waals surface area (Å²) >= 11 is 0. The van der Waals surface area contributed by atoms with Gasteiger partial charge in [-0.2, -0.15) is 0 Å². The lowest BCUT2D eigenvalue weighted by atomic mass is 9.82. The van der Waals surface area contributed by atoms with E-state index in [9.17, 15) is 9.59 Å². The predicted molar refractivity (Wildman–Crippen MR) is 108 cm³/mol. The number of aryl methyl sites for hydroxylation is 1. The van der Waals surface area contributed by atoms with Gasteiger partial charge in [-0.1, -0.05) is 45.0 Å². The van der Waals surface area contributed by atoms with E-state index in [1.807, 2.05) is 49.4 Å². The van der Waals surface area contributed by atoms with E-state index in [4.69, 9.17) is 9.47 Å². The van der Waals surface area contributed by atoms with E-state index in [-0.39, 0.29) is 18.6 Å². The van der Waals surface area contributed by atoms with Gasteiger partial charge >= 0.3 is 0 Å². The van der Waals surface area contributed by atoms with Crippen molar-refractivity contribution >= 4 is 11.8 Å². The quantitative estimate of drug-likeness (QED) is 0.685. The highest BCUT2D eigenvalue weighted by Gasteiger charge is 2.17. The normalized spacial score (nSPS) is 10.9. The number of nitrogens with one attached hydrogen (secondary N) is 2. The fourth-order valence-electron chi connectivity index (χ4n) is 2.42. The van der Waals surface area contributed by atoms with Gasteiger partial charge in [0.05, 0.1) is 0 Å². The minimum absolute atomic E-state index is 0.0979. The van der Waals surface area contributed by atoms with Crippen LogP contribution in [0.25, 0.3) is 0 Å². The second-order valence-corrected chi connectivity index (χ2v) is 7.25. The van der Waals surface area contributed by atoms with Crippen LogP contribution in [0.1, 0.15) is 38.3 Å². The number of benzene rings is 2. The molecule has 0 aromatic heterocycles. The van der Waals surface area contributed by atoms with Gasteiger partial charge in [0.1, 0.15) is 11.5 Å². The summed E-state index contributed by atoms with van der Waals surface area (Å²) in [7, 11) is 0. The van der Waals surface area contributed by atoms with Crippen molar-refractivity contribution < 1.29 is 19.1 Å². The minimum atomic E-state index is -0.457. The van der Waals surface area contributed by atoms with Gasteiger partial charge in [-0.05, 0) is 54.2 Å². The molecule has 0 aliphatic rings. The van der Waals surface area contributed by atoms with E-state index in [1.165, 1.54) is 5.56 Å². The third kappa shape index (κ3) is 6.61. The highest BCUT2D eigenvalue weighted by Crippen LogP contribution is 2.27. The Balaban J connectivity index is 1.70. The fraction of sp³-hybridized carbons (Fsp3) is 0.364. The molecule has 0 saturated carbocycles. The lowest BCUT2D eigenvalue weighted by Gasteiger charge is -2.23. The molecule has 0 aliphatic carbocycles. The molecule has 0 aliphatic heterocycles. The average Bonchev–Trinajstić information content (AvgIpc) is 2.69. The third-order valence-electron chi connectivity index (χ3n) is 4.59. The van der Waals surface area contributed by atoms with Crippen LogP contribution in [-0.2, 0) is 15.0 Å². The van der Waals surface area contributed by atoms with Gasteiger partial charge in [0, 0.05) is 0 Å². The average molecular weight is 384 g/mol. The fourth-order valence-corrected chi connectivity index (χ4v) is 2.42. The van der Waals surface area contributed by atoms with Crippen molar-refractivity contribution in [3.63, 3.8) is 0 Å². The Morgan fingerprint density at radius 2 is 1.46 bits per heavy atom. The smallest absolute Gasteiger partial charge is 0.276 e. The first-order valence-electron chi connectivity index (χ1n) is 9.30. The first-order valence-corrected chi connectivity index (χ1v) is 9.30. The zero-order chi connectivity index (χ0) is 20.6.